The molecule has 2 aromatic carbocycles. The van der Waals surface area contributed by atoms with Crippen LogP contribution in [0.25, 0.3) is 5.57 Å². The van der Waals surface area contributed by atoms with E-state index in [1.54, 1.807) is 6.20 Å². The SMILES string of the molecule is N#C/C(=C/Nc1ccccc1)c1ccccc1. The molecule has 0 aliphatic carbocycles. The maximum atomic E-state index is 9.10. The first kappa shape index (κ1) is 11.0. The van der Waals surface area contributed by atoms with Crippen molar-refractivity contribution in [2.75, 3.05) is 5.32 Å². The summed E-state index contributed by atoms with van der Waals surface area (Å²) >= 11 is 0. The van der Waals surface area contributed by atoms with Gasteiger partial charge in [0.2, 0.25) is 0 Å². The molecule has 0 heterocycles. The molecule has 0 unspecified atom stereocenters. The number of nitrogens with zero attached hydrogens (tertiary/aromatic N) is 1. The van der Waals surface area contributed by atoms with E-state index >= 15 is 0 Å². The molecule has 0 fully saturated rings. The van der Waals surface area contributed by atoms with Gasteiger partial charge in [-0.3, -0.25) is 0 Å². The summed E-state index contributed by atoms with van der Waals surface area (Å²) in [6.07, 6.45) is 1.73. The van der Waals surface area contributed by atoms with Crippen LogP contribution in [-0.4, -0.2) is 0 Å². The monoisotopic (exact) mass is 220 g/mol. The first-order chi connectivity index (χ1) is 8.40. The lowest BCUT2D eigenvalue weighted by Gasteiger charge is -2.02. The van der Waals surface area contributed by atoms with Crippen molar-refractivity contribution >= 4 is 11.3 Å². The van der Waals surface area contributed by atoms with E-state index < -0.39 is 0 Å². The van der Waals surface area contributed by atoms with Crippen LogP contribution < -0.4 is 5.32 Å². The number of hydrogen-bond donors (Lipinski definition) is 1. The third-order valence-electron chi connectivity index (χ3n) is 2.36. The van der Waals surface area contributed by atoms with Gasteiger partial charge < -0.3 is 5.32 Å². The van der Waals surface area contributed by atoms with Gasteiger partial charge in [0, 0.05) is 11.9 Å². The fourth-order valence-electron chi connectivity index (χ4n) is 1.49. The lowest BCUT2D eigenvalue weighted by atomic mass is 10.1. The Morgan fingerprint density at radius 2 is 1.53 bits per heavy atom. The molecule has 1 N–H and O–H groups in total. The Morgan fingerprint density at radius 1 is 0.941 bits per heavy atom. The molecule has 0 radical (unpaired) electrons. The van der Waals surface area contributed by atoms with Crippen LogP contribution in [0.3, 0.4) is 0 Å². The lowest BCUT2D eigenvalue weighted by molar-refractivity contribution is 1.50. The molecular weight excluding hydrogens is 208 g/mol. The maximum absolute atomic E-state index is 9.10. The van der Waals surface area contributed by atoms with Gasteiger partial charge in [-0.1, -0.05) is 48.5 Å². The molecule has 2 heteroatoms. The molecule has 2 rings (SSSR count). The van der Waals surface area contributed by atoms with Gasteiger partial charge in [0.1, 0.15) is 6.07 Å². The van der Waals surface area contributed by atoms with Crippen LogP contribution in [0.1, 0.15) is 5.56 Å². The molecule has 0 bridgehead atoms. The van der Waals surface area contributed by atoms with Crippen molar-refractivity contribution in [3.8, 4) is 6.07 Å². The molecule has 2 nitrogen and oxygen atoms in total. The van der Waals surface area contributed by atoms with E-state index in [1.807, 2.05) is 60.7 Å². The average Bonchev–Trinajstić information content (AvgIpc) is 2.42. The number of anilines is 1. The van der Waals surface area contributed by atoms with Crippen molar-refractivity contribution in [1.82, 2.24) is 0 Å². The van der Waals surface area contributed by atoms with Gasteiger partial charge in [-0.2, -0.15) is 5.26 Å². The largest absolute Gasteiger partial charge is 0.360 e. The van der Waals surface area contributed by atoms with Crippen molar-refractivity contribution in [1.29, 1.82) is 5.26 Å². The predicted octanol–water partition coefficient (Wildman–Crippen LogP) is 3.66. The molecule has 2 aromatic rings. The Labute approximate surface area is 101 Å². The minimum atomic E-state index is 0.620. The Kier molecular flexibility index (Phi) is 3.57. The van der Waals surface area contributed by atoms with E-state index in [1.165, 1.54) is 0 Å². The normalized spacial score (nSPS) is 10.6. The van der Waals surface area contributed by atoms with Crippen molar-refractivity contribution in [3.63, 3.8) is 0 Å². The maximum Gasteiger partial charge on any atom is 0.101 e. The second kappa shape index (κ2) is 5.53. The van der Waals surface area contributed by atoms with Crippen LogP contribution in [-0.2, 0) is 0 Å². The molecule has 0 saturated heterocycles. The van der Waals surface area contributed by atoms with Crippen LogP contribution in [0.15, 0.2) is 66.9 Å². The fraction of sp³-hybridized carbons (Fsp3) is 0. The van der Waals surface area contributed by atoms with Crippen LogP contribution in [0.2, 0.25) is 0 Å². The summed E-state index contributed by atoms with van der Waals surface area (Å²) in [5.41, 5.74) is 2.50. The Hall–Kier alpha value is -2.53. The highest BCUT2D eigenvalue weighted by atomic mass is 14.8. The van der Waals surface area contributed by atoms with Gasteiger partial charge >= 0.3 is 0 Å². The number of rotatable bonds is 3. The number of nitriles is 1. The smallest absolute Gasteiger partial charge is 0.101 e. The first-order valence-corrected chi connectivity index (χ1v) is 5.37. The van der Waals surface area contributed by atoms with E-state index in [4.69, 9.17) is 5.26 Å². The van der Waals surface area contributed by atoms with E-state index in [9.17, 15) is 0 Å². The third kappa shape index (κ3) is 2.96. The minimum absolute atomic E-state index is 0.620. The number of benzene rings is 2. The van der Waals surface area contributed by atoms with Gasteiger partial charge in [0.05, 0.1) is 5.57 Å². The highest BCUT2D eigenvalue weighted by molar-refractivity contribution is 5.78. The molecule has 0 amide bonds. The molecule has 0 aromatic heterocycles. The Morgan fingerprint density at radius 3 is 2.12 bits per heavy atom. The first-order valence-electron chi connectivity index (χ1n) is 5.37. The summed E-state index contributed by atoms with van der Waals surface area (Å²) in [7, 11) is 0. The Bertz CT molecular complexity index is 536. The lowest BCUT2D eigenvalue weighted by Crippen LogP contribution is -1.90. The summed E-state index contributed by atoms with van der Waals surface area (Å²) in [5, 5.41) is 12.2. The third-order valence-corrected chi connectivity index (χ3v) is 2.36. The number of hydrogen-bond acceptors (Lipinski definition) is 2. The average molecular weight is 220 g/mol. The van der Waals surface area contributed by atoms with Crippen molar-refractivity contribution < 1.29 is 0 Å². The molecule has 0 saturated carbocycles. The zero-order chi connectivity index (χ0) is 11.9. The summed E-state index contributed by atoms with van der Waals surface area (Å²) in [6, 6.07) is 21.6. The Balaban J connectivity index is 2.18. The molecule has 82 valence electrons. The second-order valence-corrected chi connectivity index (χ2v) is 3.55. The van der Waals surface area contributed by atoms with E-state index in [0.29, 0.717) is 5.57 Å². The summed E-state index contributed by atoms with van der Waals surface area (Å²) < 4.78 is 0. The van der Waals surface area contributed by atoms with Gasteiger partial charge in [0.15, 0.2) is 0 Å². The van der Waals surface area contributed by atoms with Crippen LogP contribution >= 0.6 is 0 Å². The topological polar surface area (TPSA) is 35.8 Å². The summed E-state index contributed by atoms with van der Waals surface area (Å²) in [5.74, 6) is 0. The van der Waals surface area contributed by atoms with Crippen molar-refractivity contribution in [3.05, 3.63) is 72.4 Å². The molecular formula is C15H12N2. The number of para-hydroxylation sites is 1. The van der Waals surface area contributed by atoms with Crippen molar-refractivity contribution in [2.45, 2.75) is 0 Å². The van der Waals surface area contributed by atoms with Gasteiger partial charge in [0.25, 0.3) is 0 Å². The van der Waals surface area contributed by atoms with Crippen LogP contribution in [0, 0.1) is 11.3 Å². The standard InChI is InChI=1S/C15H12N2/c16-11-14(13-7-3-1-4-8-13)12-17-15-9-5-2-6-10-15/h1-10,12,17H/b14-12-. The highest BCUT2D eigenvalue weighted by Gasteiger charge is 1.98. The zero-order valence-electron chi connectivity index (χ0n) is 9.30. The van der Waals surface area contributed by atoms with E-state index in [0.717, 1.165) is 11.3 Å². The van der Waals surface area contributed by atoms with Gasteiger partial charge in [-0.25, -0.2) is 0 Å². The molecule has 17 heavy (non-hydrogen) atoms. The second-order valence-electron chi connectivity index (χ2n) is 3.55. The van der Waals surface area contributed by atoms with Gasteiger partial charge in [-0.15, -0.1) is 0 Å². The summed E-state index contributed by atoms with van der Waals surface area (Å²) in [4.78, 5) is 0. The van der Waals surface area contributed by atoms with E-state index in [-0.39, 0.29) is 0 Å². The fourth-order valence-corrected chi connectivity index (χ4v) is 1.49. The highest BCUT2D eigenvalue weighted by Crippen LogP contribution is 2.14. The quantitative estimate of drug-likeness (QED) is 0.801. The molecule has 0 aliphatic heterocycles. The molecule has 0 spiro atoms. The van der Waals surface area contributed by atoms with Crippen LogP contribution in [0.5, 0.6) is 0 Å². The number of allylic oxidation sites excluding steroid dienone is 1. The molecule has 0 atom stereocenters. The van der Waals surface area contributed by atoms with E-state index in [2.05, 4.69) is 11.4 Å². The molecule has 0 aliphatic rings. The van der Waals surface area contributed by atoms with Gasteiger partial charge in [-0.05, 0) is 17.7 Å². The van der Waals surface area contributed by atoms with Crippen molar-refractivity contribution in [2.24, 2.45) is 0 Å². The van der Waals surface area contributed by atoms with Crippen LogP contribution in [0.4, 0.5) is 5.69 Å². The minimum Gasteiger partial charge on any atom is -0.360 e. The number of nitrogens with one attached hydrogen (secondary N) is 1. The summed E-state index contributed by atoms with van der Waals surface area (Å²) in [6.45, 7) is 0. The zero-order valence-corrected chi connectivity index (χ0v) is 9.30. The predicted molar refractivity (Wildman–Crippen MR) is 70.1 cm³/mol.